The number of nitrogens with zero attached hydrogens (tertiary/aromatic N) is 3. The maximum Gasteiger partial charge on any atom is 0.273 e. The normalized spacial score (nSPS) is 15.0. The van der Waals surface area contributed by atoms with E-state index in [1.807, 2.05) is 18.3 Å². The van der Waals surface area contributed by atoms with Crippen molar-refractivity contribution in [2.45, 2.75) is 0 Å². The van der Waals surface area contributed by atoms with Crippen molar-refractivity contribution in [1.29, 1.82) is 0 Å². The van der Waals surface area contributed by atoms with Gasteiger partial charge < -0.3 is 15.0 Å². The highest BCUT2D eigenvalue weighted by Crippen LogP contribution is 2.19. The van der Waals surface area contributed by atoms with Crippen LogP contribution in [0, 0.1) is 0 Å². The Morgan fingerprint density at radius 3 is 2.70 bits per heavy atom. The van der Waals surface area contributed by atoms with Gasteiger partial charge in [0.15, 0.2) is 5.65 Å². The fraction of sp³-hybridized carbons (Fsp3) is 0.267. The molecule has 0 aliphatic carbocycles. The van der Waals surface area contributed by atoms with Crippen molar-refractivity contribution in [3.63, 3.8) is 0 Å². The third-order valence-electron chi connectivity index (χ3n) is 3.81. The van der Waals surface area contributed by atoms with Crippen LogP contribution in [0.15, 0.2) is 35.3 Å². The van der Waals surface area contributed by atoms with E-state index in [9.17, 15) is 4.79 Å². The maximum absolute atomic E-state index is 11.5. The monoisotopic (exact) mass is 312 g/mol. The highest BCUT2D eigenvalue weighted by atomic mass is 16.5. The summed E-state index contributed by atoms with van der Waals surface area (Å²) in [6, 6.07) is 7.42. The average molecular weight is 312 g/mol. The number of rotatable bonds is 3. The lowest BCUT2D eigenvalue weighted by atomic mass is 10.3. The van der Waals surface area contributed by atoms with Gasteiger partial charge in [0.05, 0.1) is 30.5 Å². The fourth-order valence-electron chi connectivity index (χ4n) is 2.59. The second-order valence-electron chi connectivity index (χ2n) is 5.30. The van der Waals surface area contributed by atoms with Gasteiger partial charge in [0.25, 0.3) is 5.56 Å². The summed E-state index contributed by atoms with van der Waals surface area (Å²) in [5, 5.41) is 8.92. The van der Waals surface area contributed by atoms with Gasteiger partial charge in [-0.2, -0.15) is 0 Å². The zero-order valence-electron chi connectivity index (χ0n) is 12.4. The van der Waals surface area contributed by atoms with E-state index in [4.69, 9.17) is 4.74 Å². The van der Waals surface area contributed by atoms with Crippen LogP contribution in [0.25, 0.3) is 11.0 Å². The highest BCUT2D eigenvalue weighted by Gasteiger charge is 2.11. The Hall–Kier alpha value is -2.87. The Morgan fingerprint density at radius 2 is 1.91 bits per heavy atom. The summed E-state index contributed by atoms with van der Waals surface area (Å²) in [4.78, 5) is 22.5. The van der Waals surface area contributed by atoms with Crippen LogP contribution in [0.5, 0.6) is 0 Å². The van der Waals surface area contributed by atoms with Crippen LogP contribution in [0.1, 0.15) is 0 Å². The fourth-order valence-corrected chi connectivity index (χ4v) is 2.59. The summed E-state index contributed by atoms with van der Waals surface area (Å²) in [6.07, 6.45) is 1.84. The summed E-state index contributed by atoms with van der Waals surface area (Å²) in [5.74, 6) is 1.33. The van der Waals surface area contributed by atoms with Crippen molar-refractivity contribution in [2.75, 3.05) is 36.5 Å². The molecule has 0 saturated carbocycles. The number of ether oxygens (including phenoxy) is 1. The minimum Gasteiger partial charge on any atom is -0.378 e. The molecule has 3 aromatic heterocycles. The van der Waals surface area contributed by atoms with E-state index in [2.05, 4.69) is 30.4 Å². The molecule has 8 nitrogen and oxygen atoms in total. The Bertz CT molecular complexity index is 864. The number of anilines is 3. The molecule has 0 bridgehead atoms. The van der Waals surface area contributed by atoms with E-state index in [0.717, 1.165) is 32.0 Å². The Kier molecular flexibility index (Phi) is 3.43. The summed E-state index contributed by atoms with van der Waals surface area (Å²) in [5.41, 5.74) is 1.43. The number of nitrogens with one attached hydrogen (secondary N) is 3. The number of hydrogen-bond donors (Lipinski definition) is 3. The largest absolute Gasteiger partial charge is 0.378 e. The highest BCUT2D eigenvalue weighted by molar-refractivity contribution is 5.76. The predicted octanol–water partition coefficient (Wildman–Crippen LogP) is 1.23. The van der Waals surface area contributed by atoms with E-state index in [0.29, 0.717) is 22.7 Å². The molecule has 3 aromatic rings. The number of fused-ring (bicyclic) bond motifs is 1. The van der Waals surface area contributed by atoms with Crippen LogP contribution in [0.3, 0.4) is 0 Å². The van der Waals surface area contributed by atoms with Crippen molar-refractivity contribution in [2.24, 2.45) is 0 Å². The SMILES string of the molecule is O=c1[nH][nH]c2nc(Nc3ccc(N4CCOCC4)cn3)ccc12. The third kappa shape index (κ3) is 2.76. The lowest BCUT2D eigenvalue weighted by molar-refractivity contribution is 0.122. The van der Waals surface area contributed by atoms with Crippen LogP contribution in [-0.4, -0.2) is 46.5 Å². The summed E-state index contributed by atoms with van der Waals surface area (Å²) in [6.45, 7) is 3.26. The minimum absolute atomic E-state index is 0.174. The molecule has 4 heterocycles. The van der Waals surface area contributed by atoms with Gasteiger partial charge in [-0.25, -0.2) is 9.97 Å². The first-order valence-electron chi connectivity index (χ1n) is 7.43. The van der Waals surface area contributed by atoms with Gasteiger partial charge in [-0.1, -0.05) is 0 Å². The Morgan fingerprint density at radius 1 is 1.09 bits per heavy atom. The molecule has 0 atom stereocenters. The lowest BCUT2D eigenvalue weighted by Gasteiger charge is -2.28. The molecule has 4 rings (SSSR count). The smallest absolute Gasteiger partial charge is 0.273 e. The number of morpholine rings is 1. The van der Waals surface area contributed by atoms with Gasteiger partial charge in [-0.3, -0.25) is 15.0 Å². The Balaban J connectivity index is 1.52. The number of aromatic amines is 2. The topological polar surface area (TPSA) is 98.9 Å². The van der Waals surface area contributed by atoms with Crippen LogP contribution < -0.4 is 15.8 Å². The molecule has 0 unspecified atom stereocenters. The lowest BCUT2D eigenvalue weighted by Crippen LogP contribution is -2.36. The molecule has 118 valence electrons. The number of pyridine rings is 2. The van der Waals surface area contributed by atoms with Gasteiger partial charge in [0.1, 0.15) is 11.6 Å². The predicted molar refractivity (Wildman–Crippen MR) is 87.3 cm³/mol. The van der Waals surface area contributed by atoms with Crippen LogP contribution in [0.4, 0.5) is 17.3 Å². The second kappa shape index (κ2) is 5.73. The maximum atomic E-state index is 11.5. The summed E-state index contributed by atoms with van der Waals surface area (Å²) < 4.78 is 5.35. The van der Waals surface area contributed by atoms with E-state index < -0.39 is 0 Å². The molecule has 3 N–H and O–H groups in total. The standard InChI is InChI=1S/C15H16N6O2/c22-15-11-2-4-13(18-14(11)19-20-15)17-12-3-1-10(9-16-12)21-5-7-23-8-6-21/h1-4,9H,5-8H2,(H3,16,17,18,19,20,22). The van der Waals surface area contributed by atoms with Crippen molar-refractivity contribution >= 4 is 28.4 Å². The van der Waals surface area contributed by atoms with Crippen LogP contribution in [0.2, 0.25) is 0 Å². The molecule has 0 radical (unpaired) electrons. The second-order valence-corrected chi connectivity index (χ2v) is 5.30. The first-order valence-corrected chi connectivity index (χ1v) is 7.43. The molecule has 1 saturated heterocycles. The molecule has 0 aromatic carbocycles. The quantitative estimate of drug-likeness (QED) is 0.673. The summed E-state index contributed by atoms with van der Waals surface area (Å²) >= 11 is 0. The third-order valence-corrected chi connectivity index (χ3v) is 3.81. The molecule has 23 heavy (non-hydrogen) atoms. The molecule has 0 spiro atoms. The molecular formula is C15H16N6O2. The van der Waals surface area contributed by atoms with Gasteiger partial charge >= 0.3 is 0 Å². The van der Waals surface area contributed by atoms with Crippen molar-refractivity contribution in [3.8, 4) is 0 Å². The molecular weight excluding hydrogens is 296 g/mol. The van der Waals surface area contributed by atoms with Crippen LogP contribution >= 0.6 is 0 Å². The minimum atomic E-state index is -0.174. The molecule has 1 aliphatic heterocycles. The van der Waals surface area contributed by atoms with Gasteiger partial charge in [0, 0.05) is 13.1 Å². The van der Waals surface area contributed by atoms with E-state index >= 15 is 0 Å². The van der Waals surface area contributed by atoms with Gasteiger partial charge in [0.2, 0.25) is 0 Å². The first kappa shape index (κ1) is 13.8. The molecule has 0 amide bonds. The van der Waals surface area contributed by atoms with E-state index in [1.54, 1.807) is 12.1 Å². The van der Waals surface area contributed by atoms with E-state index in [-0.39, 0.29) is 5.56 Å². The van der Waals surface area contributed by atoms with Crippen molar-refractivity contribution < 1.29 is 4.74 Å². The average Bonchev–Trinajstić information content (AvgIpc) is 2.97. The number of H-pyrrole nitrogens is 2. The van der Waals surface area contributed by atoms with Crippen LogP contribution in [-0.2, 0) is 4.74 Å². The zero-order valence-corrected chi connectivity index (χ0v) is 12.4. The molecule has 8 heteroatoms. The van der Waals surface area contributed by atoms with Gasteiger partial charge in [-0.05, 0) is 24.3 Å². The number of hydrogen-bond acceptors (Lipinski definition) is 6. The van der Waals surface area contributed by atoms with Crippen molar-refractivity contribution in [1.82, 2.24) is 20.2 Å². The Labute approximate surface area is 131 Å². The summed E-state index contributed by atoms with van der Waals surface area (Å²) in [7, 11) is 0. The van der Waals surface area contributed by atoms with E-state index in [1.165, 1.54) is 0 Å². The molecule has 1 fully saturated rings. The zero-order chi connectivity index (χ0) is 15.6. The molecule has 1 aliphatic rings. The van der Waals surface area contributed by atoms with Gasteiger partial charge in [-0.15, -0.1) is 0 Å². The van der Waals surface area contributed by atoms with Crippen molar-refractivity contribution in [3.05, 3.63) is 40.8 Å². The number of aromatic nitrogens is 4. The first-order chi connectivity index (χ1) is 11.3.